The molecule has 0 aromatic carbocycles. The fourth-order valence-electron chi connectivity index (χ4n) is 1.71. The molecule has 0 aliphatic heterocycles. The Hall–Kier alpha value is -0.500. The Morgan fingerprint density at radius 3 is 2.74 bits per heavy atom. The van der Waals surface area contributed by atoms with Crippen LogP contribution >= 0.6 is 11.8 Å². The van der Waals surface area contributed by atoms with E-state index in [1.54, 1.807) is 31.8 Å². The van der Waals surface area contributed by atoms with Crippen molar-refractivity contribution in [3.05, 3.63) is 17.6 Å². The van der Waals surface area contributed by atoms with Crippen molar-refractivity contribution in [2.45, 2.75) is 38.3 Å². The van der Waals surface area contributed by atoms with Gasteiger partial charge in [-0.25, -0.2) is 13.1 Å². The molecule has 1 unspecified atom stereocenters. The fourth-order valence-corrected chi connectivity index (χ4v) is 3.93. The van der Waals surface area contributed by atoms with Crippen molar-refractivity contribution < 1.29 is 12.8 Å². The third-order valence-corrected chi connectivity index (χ3v) is 5.33. The molecule has 0 bridgehead atoms. The molecular weight excluding hydrogens is 284 g/mol. The van der Waals surface area contributed by atoms with Crippen LogP contribution < -0.4 is 10.0 Å². The van der Waals surface area contributed by atoms with Crippen LogP contribution in [-0.4, -0.2) is 33.0 Å². The third-order valence-electron chi connectivity index (χ3n) is 2.49. The molecule has 1 rings (SSSR count). The summed E-state index contributed by atoms with van der Waals surface area (Å²) in [4.78, 5) is 0.228. The Morgan fingerprint density at radius 2 is 2.16 bits per heavy atom. The molecule has 110 valence electrons. The molecule has 0 saturated heterocycles. The molecule has 19 heavy (non-hydrogen) atoms. The summed E-state index contributed by atoms with van der Waals surface area (Å²) in [5, 5.41) is 2.93. The van der Waals surface area contributed by atoms with E-state index in [4.69, 9.17) is 4.42 Å². The zero-order valence-corrected chi connectivity index (χ0v) is 13.5. The molecule has 1 aromatic rings. The van der Waals surface area contributed by atoms with Gasteiger partial charge in [0, 0.05) is 17.9 Å². The molecule has 1 atom stereocenters. The Morgan fingerprint density at radius 1 is 1.47 bits per heavy atom. The molecule has 2 N–H and O–H groups in total. The second-order valence-corrected chi connectivity index (χ2v) is 7.35. The molecule has 1 aromatic heterocycles. The van der Waals surface area contributed by atoms with Gasteiger partial charge in [-0.05, 0) is 26.6 Å². The van der Waals surface area contributed by atoms with Crippen LogP contribution in [-0.2, 0) is 16.6 Å². The lowest BCUT2D eigenvalue weighted by atomic mass is 10.4. The van der Waals surface area contributed by atoms with Crippen molar-refractivity contribution >= 4 is 21.8 Å². The highest BCUT2D eigenvalue weighted by molar-refractivity contribution is 7.99. The lowest BCUT2D eigenvalue weighted by molar-refractivity contribution is 0.465. The quantitative estimate of drug-likeness (QED) is 0.765. The van der Waals surface area contributed by atoms with Crippen molar-refractivity contribution in [3.63, 3.8) is 0 Å². The maximum Gasteiger partial charge on any atom is 0.244 e. The summed E-state index contributed by atoms with van der Waals surface area (Å²) in [5.74, 6) is 2.78. The molecule has 0 fully saturated rings. The van der Waals surface area contributed by atoms with Crippen LogP contribution in [0.5, 0.6) is 0 Å². The molecule has 0 radical (unpaired) electrons. The van der Waals surface area contributed by atoms with Crippen LogP contribution in [0.4, 0.5) is 0 Å². The van der Waals surface area contributed by atoms with Gasteiger partial charge in [0.2, 0.25) is 10.0 Å². The maximum absolute atomic E-state index is 12.2. The Kier molecular flexibility index (Phi) is 6.38. The Balaban J connectivity index is 2.82. The second kappa shape index (κ2) is 7.33. The predicted octanol–water partition coefficient (Wildman–Crippen LogP) is 1.73. The molecule has 0 spiro atoms. The Bertz CT molecular complexity index is 497. The number of furan rings is 1. The Labute approximate surface area is 119 Å². The number of aryl methyl sites for hydroxylation is 1. The molecule has 0 aliphatic rings. The van der Waals surface area contributed by atoms with E-state index in [-0.39, 0.29) is 10.9 Å². The van der Waals surface area contributed by atoms with E-state index in [0.717, 1.165) is 11.5 Å². The average molecular weight is 306 g/mol. The number of nitrogens with one attached hydrogen (secondary N) is 2. The van der Waals surface area contributed by atoms with Gasteiger partial charge in [-0.2, -0.15) is 11.8 Å². The van der Waals surface area contributed by atoms with E-state index in [2.05, 4.69) is 17.0 Å². The number of thioether (sulfide) groups is 1. The summed E-state index contributed by atoms with van der Waals surface area (Å²) in [6.45, 7) is 6.09. The molecule has 5 nitrogen and oxygen atoms in total. The van der Waals surface area contributed by atoms with Gasteiger partial charge in [0.15, 0.2) is 0 Å². The number of hydrogen-bond acceptors (Lipinski definition) is 5. The van der Waals surface area contributed by atoms with Gasteiger partial charge in [0.1, 0.15) is 16.4 Å². The fraction of sp³-hybridized carbons (Fsp3) is 0.667. The van der Waals surface area contributed by atoms with Gasteiger partial charge in [-0.3, -0.25) is 0 Å². The van der Waals surface area contributed by atoms with Crippen LogP contribution in [0.2, 0.25) is 0 Å². The SMILES string of the molecule is CCSCC(C)NS(=O)(=O)c1cc(CNC)oc1C. The predicted molar refractivity (Wildman–Crippen MR) is 79.0 cm³/mol. The highest BCUT2D eigenvalue weighted by atomic mass is 32.2. The largest absolute Gasteiger partial charge is 0.464 e. The summed E-state index contributed by atoms with van der Waals surface area (Å²) < 4.78 is 32.6. The molecule has 0 aliphatic carbocycles. The first-order chi connectivity index (χ1) is 8.90. The van der Waals surface area contributed by atoms with Gasteiger partial charge < -0.3 is 9.73 Å². The second-order valence-electron chi connectivity index (χ2n) is 4.35. The average Bonchev–Trinajstić information content (AvgIpc) is 2.68. The minimum atomic E-state index is -3.50. The highest BCUT2D eigenvalue weighted by Gasteiger charge is 2.23. The van der Waals surface area contributed by atoms with E-state index < -0.39 is 10.0 Å². The monoisotopic (exact) mass is 306 g/mol. The smallest absolute Gasteiger partial charge is 0.244 e. The van der Waals surface area contributed by atoms with E-state index in [1.807, 2.05) is 6.92 Å². The van der Waals surface area contributed by atoms with Crippen molar-refractivity contribution in [3.8, 4) is 0 Å². The molecule has 7 heteroatoms. The van der Waals surface area contributed by atoms with Crippen molar-refractivity contribution in [2.24, 2.45) is 0 Å². The minimum absolute atomic E-state index is 0.1000. The highest BCUT2D eigenvalue weighted by Crippen LogP contribution is 2.20. The zero-order valence-electron chi connectivity index (χ0n) is 11.8. The summed E-state index contributed by atoms with van der Waals surface area (Å²) in [5.41, 5.74) is 0. The number of hydrogen-bond donors (Lipinski definition) is 2. The lowest BCUT2D eigenvalue weighted by Gasteiger charge is -2.12. The van der Waals surface area contributed by atoms with Crippen LogP contribution in [0.3, 0.4) is 0 Å². The lowest BCUT2D eigenvalue weighted by Crippen LogP contribution is -2.34. The van der Waals surface area contributed by atoms with Crippen LogP contribution in [0.15, 0.2) is 15.4 Å². The molecular formula is C12H22N2O3S2. The van der Waals surface area contributed by atoms with E-state index in [9.17, 15) is 8.42 Å². The van der Waals surface area contributed by atoms with Gasteiger partial charge in [0.25, 0.3) is 0 Å². The van der Waals surface area contributed by atoms with Gasteiger partial charge in [0.05, 0.1) is 6.54 Å². The first kappa shape index (κ1) is 16.6. The molecule has 0 amide bonds. The minimum Gasteiger partial charge on any atom is -0.464 e. The summed E-state index contributed by atoms with van der Waals surface area (Å²) >= 11 is 1.71. The molecule has 1 heterocycles. The van der Waals surface area contributed by atoms with Gasteiger partial charge >= 0.3 is 0 Å². The zero-order chi connectivity index (χ0) is 14.5. The number of rotatable bonds is 8. The first-order valence-corrected chi connectivity index (χ1v) is 8.88. The maximum atomic E-state index is 12.2. The standard InChI is InChI=1S/C12H22N2O3S2/c1-5-18-8-9(2)14-19(15,16)12-6-11(7-13-4)17-10(12)3/h6,9,13-14H,5,7-8H2,1-4H3. The van der Waals surface area contributed by atoms with Crippen LogP contribution in [0.1, 0.15) is 25.4 Å². The summed E-state index contributed by atoms with van der Waals surface area (Å²) in [6, 6.07) is 1.48. The van der Waals surface area contributed by atoms with Crippen molar-refractivity contribution in [2.75, 3.05) is 18.6 Å². The van der Waals surface area contributed by atoms with Gasteiger partial charge in [-0.1, -0.05) is 6.92 Å². The first-order valence-electron chi connectivity index (χ1n) is 6.24. The molecule has 0 saturated carbocycles. The summed E-state index contributed by atoms with van der Waals surface area (Å²) in [6.07, 6.45) is 0. The van der Waals surface area contributed by atoms with Crippen molar-refractivity contribution in [1.82, 2.24) is 10.0 Å². The van der Waals surface area contributed by atoms with E-state index in [0.29, 0.717) is 18.1 Å². The third kappa shape index (κ3) is 4.83. The summed E-state index contributed by atoms with van der Waals surface area (Å²) in [7, 11) is -1.72. The van der Waals surface area contributed by atoms with E-state index in [1.165, 1.54) is 0 Å². The van der Waals surface area contributed by atoms with Gasteiger partial charge in [-0.15, -0.1) is 0 Å². The number of sulfonamides is 1. The van der Waals surface area contributed by atoms with E-state index >= 15 is 0 Å². The normalized spacial score (nSPS) is 13.7. The topological polar surface area (TPSA) is 71.3 Å². The van der Waals surface area contributed by atoms with Crippen LogP contribution in [0.25, 0.3) is 0 Å². The van der Waals surface area contributed by atoms with Crippen molar-refractivity contribution in [1.29, 1.82) is 0 Å². The van der Waals surface area contributed by atoms with Crippen LogP contribution in [0, 0.1) is 6.92 Å².